The second kappa shape index (κ2) is 13.2. The van der Waals surface area contributed by atoms with Crippen molar-refractivity contribution in [2.24, 2.45) is 5.41 Å². The van der Waals surface area contributed by atoms with Crippen molar-refractivity contribution in [3.05, 3.63) is 86.4 Å². The molecular weight excluding hydrogens is 555 g/mol. The third-order valence-corrected chi connectivity index (χ3v) is 7.52. The molecule has 40 heavy (non-hydrogen) atoms. The summed E-state index contributed by atoms with van der Waals surface area (Å²) in [6, 6.07) is 10.6. The first-order valence-corrected chi connectivity index (χ1v) is 13.4. The Balaban J connectivity index is 1.73. The molecule has 0 unspecified atom stereocenters. The highest BCUT2D eigenvalue weighted by molar-refractivity contribution is 6.40. The van der Waals surface area contributed by atoms with Crippen molar-refractivity contribution >= 4 is 52.6 Å². The van der Waals surface area contributed by atoms with E-state index < -0.39 is 29.8 Å². The van der Waals surface area contributed by atoms with Gasteiger partial charge in [-0.1, -0.05) is 55.2 Å². The SMILES string of the molecule is COC(=O)C1=C(C)/C(=C/C(=O)N[C@@H](Cc2ccc(NC(=O)c3c(Cl)cccc3Cl)cc2)C(=O)OC)CCC1(C)C. The van der Waals surface area contributed by atoms with Gasteiger partial charge in [0.15, 0.2) is 0 Å². The van der Waals surface area contributed by atoms with Gasteiger partial charge in [-0.2, -0.15) is 0 Å². The zero-order valence-corrected chi connectivity index (χ0v) is 24.5. The molecule has 2 N–H and O–H groups in total. The number of halogens is 2. The minimum atomic E-state index is -0.957. The predicted octanol–water partition coefficient (Wildman–Crippen LogP) is 5.68. The monoisotopic (exact) mass is 586 g/mol. The number of nitrogens with one attached hydrogen (secondary N) is 2. The number of hydrogen-bond acceptors (Lipinski definition) is 6. The van der Waals surface area contributed by atoms with Gasteiger partial charge in [-0.3, -0.25) is 9.59 Å². The molecule has 2 aromatic carbocycles. The van der Waals surface area contributed by atoms with Crippen molar-refractivity contribution in [3.8, 4) is 0 Å². The molecule has 0 spiro atoms. The van der Waals surface area contributed by atoms with Gasteiger partial charge in [0.2, 0.25) is 5.91 Å². The molecule has 0 radical (unpaired) electrons. The fourth-order valence-electron chi connectivity index (χ4n) is 4.72. The first kappa shape index (κ1) is 30.9. The van der Waals surface area contributed by atoms with Gasteiger partial charge < -0.3 is 20.1 Å². The average molecular weight is 588 g/mol. The number of carbonyl (C=O) groups is 4. The summed E-state index contributed by atoms with van der Waals surface area (Å²) >= 11 is 12.2. The van der Waals surface area contributed by atoms with Gasteiger partial charge in [-0.15, -0.1) is 0 Å². The molecule has 2 aromatic rings. The Bertz CT molecular complexity index is 1360. The summed E-state index contributed by atoms with van der Waals surface area (Å²) in [4.78, 5) is 50.5. The van der Waals surface area contributed by atoms with Gasteiger partial charge >= 0.3 is 11.9 Å². The number of esters is 2. The Morgan fingerprint density at radius 3 is 2.20 bits per heavy atom. The van der Waals surface area contributed by atoms with Crippen LogP contribution in [0, 0.1) is 5.41 Å². The maximum Gasteiger partial charge on any atom is 0.334 e. The second-order valence-electron chi connectivity index (χ2n) is 10.1. The van der Waals surface area contributed by atoms with Crippen LogP contribution in [-0.4, -0.2) is 44.0 Å². The predicted molar refractivity (Wildman–Crippen MR) is 154 cm³/mol. The van der Waals surface area contributed by atoms with E-state index in [4.69, 9.17) is 32.7 Å². The molecule has 1 atom stereocenters. The number of ether oxygens (including phenoxy) is 2. The van der Waals surface area contributed by atoms with Crippen LogP contribution in [0.15, 0.2) is 65.3 Å². The third-order valence-electron chi connectivity index (χ3n) is 6.89. The molecule has 212 valence electrons. The van der Waals surface area contributed by atoms with E-state index in [0.717, 1.165) is 5.56 Å². The van der Waals surface area contributed by atoms with Crippen molar-refractivity contribution in [1.82, 2.24) is 5.32 Å². The number of hydrogen-bond donors (Lipinski definition) is 2. The second-order valence-corrected chi connectivity index (χ2v) is 10.9. The highest BCUT2D eigenvalue weighted by atomic mass is 35.5. The number of amides is 2. The molecule has 2 amide bonds. The average Bonchev–Trinajstić information content (AvgIpc) is 2.90. The van der Waals surface area contributed by atoms with Crippen LogP contribution in [0.2, 0.25) is 10.0 Å². The van der Waals surface area contributed by atoms with E-state index in [0.29, 0.717) is 35.2 Å². The quantitative estimate of drug-likeness (QED) is 0.304. The van der Waals surface area contributed by atoms with E-state index >= 15 is 0 Å². The van der Waals surface area contributed by atoms with Crippen molar-refractivity contribution in [3.63, 3.8) is 0 Å². The molecular formula is C30H32Cl2N2O6. The fraction of sp³-hybridized carbons (Fsp3) is 0.333. The molecule has 0 fully saturated rings. The zero-order valence-electron chi connectivity index (χ0n) is 23.0. The molecule has 0 saturated heterocycles. The van der Waals surface area contributed by atoms with Crippen LogP contribution in [0.3, 0.4) is 0 Å². The minimum Gasteiger partial charge on any atom is -0.467 e. The molecule has 0 heterocycles. The van der Waals surface area contributed by atoms with Crippen LogP contribution < -0.4 is 10.6 Å². The Hall–Kier alpha value is -3.62. The number of methoxy groups -OCH3 is 2. The third kappa shape index (κ3) is 7.31. The van der Waals surface area contributed by atoms with Crippen molar-refractivity contribution in [1.29, 1.82) is 0 Å². The Morgan fingerprint density at radius 1 is 1.00 bits per heavy atom. The number of allylic oxidation sites excluding steroid dienone is 2. The first-order chi connectivity index (χ1) is 18.9. The highest BCUT2D eigenvalue weighted by Gasteiger charge is 2.36. The van der Waals surface area contributed by atoms with Crippen LogP contribution in [0.1, 0.15) is 49.5 Å². The highest BCUT2D eigenvalue weighted by Crippen LogP contribution is 2.43. The van der Waals surface area contributed by atoms with E-state index in [1.54, 1.807) is 49.4 Å². The first-order valence-electron chi connectivity index (χ1n) is 12.6. The lowest BCUT2D eigenvalue weighted by Gasteiger charge is -2.34. The Labute approximate surface area is 243 Å². The largest absolute Gasteiger partial charge is 0.467 e. The summed E-state index contributed by atoms with van der Waals surface area (Å²) < 4.78 is 9.88. The topological polar surface area (TPSA) is 111 Å². The van der Waals surface area contributed by atoms with E-state index in [-0.39, 0.29) is 27.4 Å². The summed E-state index contributed by atoms with van der Waals surface area (Å²) in [6.07, 6.45) is 2.84. The summed E-state index contributed by atoms with van der Waals surface area (Å²) in [7, 11) is 2.58. The van der Waals surface area contributed by atoms with E-state index in [9.17, 15) is 19.2 Å². The molecule has 0 saturated carbocycles. The molecule has 10 heteroatoms. The summed E-state index contributed by atoms with van der Waals surface area (Å²) in [6.45, 7) is 5.73. The Kier molecular flexibility index (Phi) is 10.2. The lowest BCUT2D eigenvalue weighted by molar-refractivity contribution is -0.144. The van der Waals surface area contributed by atoms with E-state index in [1.165, 1.54) is 20.3 Å². The molecule has 0 aliphatic heterocycles. The van der Waals surface area contributed by atoms with Gasteiger partial charge in [0.25, 0.3) is 5.91 Å². The van der Waals surface area contributed by atoms with Crippen LogP contribution in [0.25, 0.3) is 0 Å². The lowest BCUT2D eigenvalue weighted by Crippen LogP contribution is -2.42. The van der Waals surface area contributed by atoms with Crippen molar-refractivity contribution in [2.75, 3.05) is 19.5 Å². The van der Waals surface area contributed by atoms with Gasteiger partial charge in [-0.05, 0) is 66.2 Å². The normalized spacial score (nSPS) is 16.2. The Morgan fingerprint density at radius 2 is 1.62 bits per heavy atom. The summed E-state index contributed by atoms with van der Waals surface area (Å²) in [5.74, 6) is -1.96. The number of anilines is 1. The molecule has 1 aliphatic rings. The number of carbonyl (C=O) groups excluding carboxylic acids is 4. The van der Waals surface area contributed by atoms with E-state index in [1.807, 2.05) is 13.8 Å². The maximum absolute atomic E-state index is 12.9. The summed E-state index contributed by atoms with van der Waals surface area (Å²) in [5.41, 5.74) is 2.95. The van der Waals surface area contributed by atoms with Gasteiger partial charge in [0.1, 0.15) is 6.04 Å². The van der Waals surface area contributed by atoms with E-state index in [2.05, 4.69) is 10.6 Å². The minimum absolute atomic E-state index is 0.154. The number of rotatable bonds is 8. The van der Waals surface area contributed by atoms with Crippen LogP contribution >= 0.6 is 23.2 Å². The molecule has 0 bridgehead atoms. The maximum atomic E-state index is 12.9. The molecule has 8 nitrogen and oxygen atoms in total. The zero-order chi connectivity index (χ0) is 29.6. The summed E-state index contributed by atoms with van der Waals surface area (Å²) in [5, 5.41) is 5.93. The lowest BCUT2D eigenvalue weighted by atomic mass is 9.71. The van der Waals surface area contributed by atoms with Crippen LogP contribution in [-0.2, 0) is 30.3 Å². The molecule has 1 aliphatic carbocycles. The van der Waals surface area contributed by atoms with Crippen molar-refractivity contribution in [2.45, 2.75) is 46.1 Å². The van der Waals surface area contributed by atoms with Gasteiger partial charge in [-0.25, -0.2) is 9.59 Å². The van der Waals surface area contributed by atoms with Gasteiger partial charge in [0, 0.05) is 23.8 Å². The van der Waals surface area contributed by atoms with Crippen LogP contribution in [0.5, 0.6) is 0 Å². The van der Waals surface area contributed by atoms with Crippen molar-refractivity contribution < 1.29 is 28.7 Å². The molecule has 0 aromatic heterocycles. The standard InChI is InChI=1S/C30H32Cl2N2O6/c1-17-19(13-14-30(2,3)26(17)29(38)40-5)16-24(35)34-23(28(37)39-4)15-18-9-11-20(12-10-18)33-27(36)25-21(31)7-6-8-22(25)32/h6-12,16,23H,13-15H2,1-5H3,(H,33,36)(H,34,35)/b19-16+/t23-/m0/s1. The smallest absolute Gasteiger partial charge is 0.334 e. The van der Waals surface area contributed by atoms with Gasteiger partial charge in [0.05, 0.1) is 29.8 Å². The van der Waals surface area contributed by atoms with Crippen LogP contribution in [0.4, 0.5) is 5.69 Å². The fourth-order valence-corrected chi connectivity index (χ4v) is 5.28. The number of benzene rings is 2. The molecule has 3 rings (SSSR count).